The van der Waals surface area contributed by atoms with Crippen LogP contribution in [-0.2, 0) is 0 Å². The summed E-state index contributed by atoms with van der Waals surface area (Å²) in [6.45, 7) is 8.40. The second-order valence-electron chi connectivity index (χ2n) is 6.56. The highest BCUT2D eigenvalue weighted by Crippen LogP contribution is 2.32. The van der Waals surface area contributed by atoms with Crippen LogP contribution in [0, 0.1) is 12.7 Å². The van der Waals surface area contributed by atoms with Crippen molar-refractivity contribution in [1.82, 2.24) is 4.90 Å². The Bertz CT molecular complexity index is 448. The molecule has 1 fully saturated rings. The Balaban J connectivity index is 2.24. The van der Waals surface area contributed by atoms with E-state index in [4.69, 9.17) is 5.73 Å². The molecular weight excluding hydrogens is 251 g/mol. The molecule has 0 aromatic heterocycles. The Morgan fingerprint density at radius 1 is 1.15 bits per heavy atom. The Hall–Kier alpha value is -0.930. The fourth-order valence-corrected chi connectivity index (χ4v) is 3.13. The summed E-state index contributed by atoms with van der Waals surface area (Å²) in [5.41, 5.74) is 7.92. The third-order valence-corrected chi connectivity index (χ3v) is 4.67. The van der Waals surface area contributed by atoms with Gasteiger partial charge in [-0.2, -0.15) is 0 Å². The minimum Gasteiger partial charge on any atom is -0.322 e. The van der Waals surface area contributed by atoms with E-state index >= 15 is 0 Å². The lowest BCUT2D eigenvalue weighted by Crippen LogP contribution is -2.51. The molecule has 1 aliphatic heterocycles. The topological polar surface area (TPSA) is 29.3 Å². The number of nitrogens with zero attached hydrogens (tertiary/aromatic N) is 1. The third kappa shape index (κ3) is 3.21. The van der Waals surface area contributed by atoms with Gasteiger partial charge in [0.15, 0.2) is 0 Å². The molecule has 20 heavy (non-hydrogen) atoms. The number of hydrogen-bond acceptors (Lipinski definition) is 2. The molecule has 1 aromatic carbocycles. The van der Waals surface area contributed by atoms with E-state index in [1.165, 1.54) is 31.7 Å². The SMILES string of the molecule is Cc1ccc(F)c(C(N)C(C)(C)N2CCCCCC2)c1. The van der Waals surface area contributed by atoms with Gasteiger partial charge in [0.2, 0.25) is 0 Å². The van der Waals surface area contributed by atoms with E-state index in [-0.39, 0.29) is 17.4 Å². The maximum absolute atomic E-state index is 14.1. The van der Waals surface area contributed by atoms with E-state index in [1.807, 2.05) is 13.0 Å². The number of likely N-dealkylation sites (tertiary alicyclic amines) is 1. The van der Waals surface area contributed by atoms with E-state index in [2.05, 4.69) is 18.7 Å². The molecule has 2 N–H and O–H groups in total. The summed E-state index contributed by atoms with van der Waals surface area (Å²) in [5.74, 6) is -0.189. The maximum atomic E-state index is 14.1. The van der Waals surface area contributed by atoms with Gasteiger partial charge >= 0.3 is 0 Å². The first-order chi connectivity index (χ1) is 9.43. The first-order valence-corrected chi connectivity index (χ1v) is 7.69. The van der Waals surface area contributed by atoms with Crippen molar-refractivity contribution in [3.8, 4) is 0 Å². The van der Waals surface area contributed by atoms with Gasteiger partial charge in [0.05, 0.1) is 6.04 Å². The lowest BCUT2D eigenvalue weighted by atomic mass is 9.86. The lowest BCUT2D eigenvalue weighted by molar-refractivity contribution is 0.0967. The van der Waals surface area contributed by atoms with Gasteiger partial charge < -0.3 is 5.73 Å². The predicted octanol–water partition coefficient (Wildman–Crippen LogP) is 3.79. The second kappa shape index (κ2) is 6.23. The Morgan fingerprint density at radius 3 is 2.35 bits per heavy atom. The fourth-order valence-electron chi connectivity index (χ4n) is 3.13. The van der Waals surface area contributed by atoms with Crippen LogP contribution in [0.3, 0.4) is 0 Å². The van der Waals surface area contributed by atoms with Crippen molar-refractivity contribution in [2.75, 3.05) is 13.1 Å². The molecule has 1 aromatic rings. The largest absolute Gasteiger partial charge is 0.322 e. The minimum absolute atomic E-state index is 0.189. The Morgan fingerprint density at radius 2 is 1.75 bits per heavy atom. The summed E-state index contributed by atoms with van der Waals surface area (Å²) in [5, 5.41) is 0. The highest BCUT2D eigenvalue weighted by atomic mass is 19.1. The van der Waals surface area contributed by atoms with Gasteiger partial charge in [-0.25, -0.2) is 4.39 Å². The van der Waals surface area contributed by atoms with Crippen molar-refractivity contribution in [2.24, 2.45) is 5.73 Å². The van der Waals surface area contributed by atoms with Gasteiger partial charge in [-0.15, -0.1) is 0 Å². The molecule has 1 unspecified atom stereocenters. The predicted molar refractivity (Wildman–Crippen MR) is 82.2 cm³/mol. The van der Waals surface area contributed by atoms with Crippen molar-refractivity contribution in [1.29, 1.82) is 0 Å². The first kappa shape index (κ1) is 15.5. The van der Waals surface area contributed by atoms with Crippen LogP contribution in [0.1, 0.15) is 56.7 Å². The van der Waals surface area contributed by atoms with E-state index in [9.17, 15) is 4.39 Å². The number of aryl methyl sites for hydroxylation is 1. The van der Waals surface area contributed by atoms with Crippen molar-refractivity contribution in [2.45, 2.75) is 58.0 Å². The molecule has 1 atom stereocenters. The molecule has 0 radical (unpaired) electrons. The molecule has 112 valence electrons. The first-order valence-electron chi connectivity index (χ1n) is 7.69. The molecule has 1 heterocycles. The van der Waals surface area contributed by atoms with Gasteiger partial charge in [-0.3, -0.25) is 4.90 Å². The van der Waals surface area contributed by atoms with Crippen molar-refractivity contribution in [3.63, 3.8) is 0 Å². The standard InChI is InChI=1S/C17H27FN2/c1-13-8-9-15(18)14(12-13)16(19)17(2,3)20-10-6-4-5-7-11-20/h8-9,12,16H,4-7,10-11,19H2,1-3H3. The van der Waals surface area contributed by atoms with E-state index in [0.717, 1.165) is 18.7 Å². The third-order valence-electron chi connectivity index (χ3n) is 4.67. The van der Waals surface area contributed by atoms with Crippen LogP contribution in [0.15, 0.2) is 18.2 Å². The van der Waals surface area contributed by atoms with Crippen LogP contribution in [0.5, 0.6) is 0 Å². The van der Waals surface area contributed by atoms with Crippen LogP contribution in [0.4, 0.5) is 4.39 Å². The number of nitrogens with two attached hydrogens (primary N) is 1. The van der Waals surface area contributed by atoms with Crippen molar-refractivity contribution >= 4 is 0 Å². The Labute approximate surface area is 122 Å². The van der Waals surface area contributed by atoms with Crippen LogP contribution >= 0.6 is 0 Å². The Kier molecular flexibility index (Phi) is 4.82. The van der Waals surface area contributed by atoms with E-state index in [1.54, 1.807) is 6.07 Å². The number of rotatable bonds is 3. The molecule has 0 aliphatic carbocycles. The number of halogens is 1. The summed E-state index contributed by atoms with van der Waals surface area (Å²) in [6, 6.07) is 4.91. The van der Waals surface area contributed by atoms with Crippen LogP contribution in [0.2, 0.25) is 0 Å². The quantitative estimate of drug-likeness (QED) is 0.911. The monoisotopic (exact) mass is 278 g/mol. The normalized spacial score (nSPS) is 19.6. The van der Waals surface area contributed by atoms with Gasteiger partial charge in [0.25, 0.3) is 0 Å². The molecule has 0 spiro atoms. The van der Waals surface area contributed by atoms with Gasteiger partial charge in [-0.05, 0) is 52.8 Å². The zero-order chi connectivity index (χ0) is 14.8. The average molecular weight is 278 g/mol. The second-order valence-corrected chi connectivity index (χ2v) is 6.56. The fraction of sp³-hybridized carbons (Fsp3) is 0.647. The minimum atomic E-state index is -0.305. The van der Waals surface area contributed by atoms with Crippen molar-refractivity contribution < 1.29 is 4.39 Å². The molecule has 3 heteroatoms. The lowest BCUT2D eigenvalue weighted by Gasteiger charge is -2.42. The summed E-state index contributed by atoms with van der Waals surface area (Å²) >= 11 is 0. The van der Waals surface area contributed by atoms with E-state index in [0.29, 0.717) is 5.56 Å². The van der Waals surface area contributed by atoms with Crippen molar-refractivity contribution in [3.05, 3.63) is 35.1 Å². The number of benzene rings is 1. The molecule has 0 bridgehead atoms. The molecule has 0 saturated carbocycles. The molecule has 1 saturated heterocycles. The molecule has 0 amide bonds. The molecule has 1 aliphatic rings. The van der Waals surface area contributed by atoms with Gasteiger partial charge in [0, 0.05) is 11.1 Å². The van der Waals surface area contributed by atoms with Gasteiger partial charge in [0.1, 0.15) is 5.82 Å². The van der Waals surface area contributed by atoms with E-state index < -0.39 is 0 Å². The van der Waals surface area contributed by atoms with Gasteiger partial charge in [-0.1, -0.05) is 30.5 Å². The average Bonchev–Trinajstić information content (AvgIpc) is 2.70. The van der Waals surface area contributed by atoms with Crippen LogP contribution in [-0.4, -0.2) is 23.5 Å². The summed E-state index contributed by atoms with van der Waals surface area (Å²) < 4.78 is 14.1. The smallest absolute Gasteiger partial charge is 0.128 e. The zero-order valence-corrected chi connectivity index (χ0v) is 13.0. The molecular formula is C17H27FN2. The zero-order valence-electron chi connectivity index (χ0n) is 13.0. The number of hydrogen-bond donors (Lipinski definition) is 1. The summed E-state index contributed by atoms with van der Waals surface area (Å²) in [6.07, 6.45) is 5.01. The summed E-state index contributed by atoms with van der Waals surface area (Å²) in [7, 11) is 0. The van der Waals surface area contributed by atoms with Crippen LogP contribution < -0.4 is 5.73 Å². The maximum Gasteiger partial charge on any atom is 0.128 e. The highest BCUT2D eigenvalue weighted by molar-refractivity contribution is 5.29. The molecule has 2 rings (SSSR count). The van der Waals surface area contributed by atoms with Crippen LogP contribution in [0.25, 0.3) is 0 Å². The highest BCUT2D eigenvalue weighted by Gasteiger charge is 2.35. The molecule has 2 nitrogen and oxygen atoms in total. The summed E-state index contributed by atoms with van der Waals surface area (Å²) in [4.78, 5) is 2.44.